The van der Waals surface area contributed by atoms with Gasteiger partial charge in [-0.2, -0.15) is 0 Å². The Labute approximate surface area is 212 Å². The average Bonchev–Trinajstić information content (AvgIpc) is 2.69. The molecule has 0 aliphatic heterocycles. The first-order valence-corrected chi connectivity index (χ1v) is 10.8. The van der Waals surface area contributed by atoms with E-state index in [0.717, 1.165) is 12.2 Å². The highest BCUT2D eigenvalue weighted by Crippen LogP contribution is 2.24. The Morgan fingerprint density at radius 1 is 0.882 bits per heavy atom. The molecular weight excluding hydrogens is 422 g/mol. The van der Waals surface area contributed by atoms with E-state index < -0.39 is 0 Å². The maximum absolute atomic E-state index is 11.8. The normalized spacial score (nSPS) is 10.9. The summed E-state index contributed by atoms with van der Waals surface area (Å²) >= 11 is 0. The third-order valence-electron chi connectivity index (χ3n) is 5.11. The zero-order valence-electron chi connectivity index (χ0n) is 19.9. The summed E-state index contributed by atoms with van der Waals surface area (Å²) in [5, 5.41) is 11.9. The molecule has 1 unspecified atom stereocenters. The first kappa shape index (κ1) is 38.8. The van der Waals surface area contributed by atoms with E-state index in [2.05, 4.69) is 64.2 Å². The van der Waals surface area contributed by atoms with E-state index in [0.29, 0.717) is 11.6 Å². The van der Waals surface area contributed by atoms with Gasteiger partial charge in [-0.1, -0.05) is 76.5 Å². The predicted molar refractivity (Wildman–Crippen MR) is 153 cm³/mol. The number of phenols is 1. The van der Waals surface area contributed by atoms with Crippen molar-refractivity contribution in [2.75, 3.05) is 5.32 Å². The topological polar surface area (TPSA) is 58.6 Å². The van der Waals surface area contributed by atoms with Gasteiger partial charge in [-0.3, -0.25) is 4.79 Å². The zero-order chi connectivity index (χ0) is 22.9. The van der Waals surface area contributed by atoms with Crippen molar-refractivity contribution in [3.63, 3.8) is 0 Å². The van der Waals surface area contributed by atoms with Crippen LogP contribution < -0.4 is 10.1 Å². The SMILES string of the molecule is C.C.C.C.CCC(C)(C)C(=O)Nc1ccc(O)cc1.CCC(C)c1ccc(OC(C)(C)C)cc1. The first-order chi connectivity index (χ1) is 13.9. The molecule has 4 heteroatoms. The Kier molecular flexibility index (Phi) is 19.4. The van der Waals surface area contributed by atoms with Crippen LogP contribution >= 0.6 is 0 Å². The van der Waals surface area contributed by atoms with Crippen molar-refractivity contribution in [3.05, 3.63) is 54.1 Å². The average molecular weight is 478 g/mol. The number of anilines is 1. The first-order valence-electron chi connectivity index (χ1n) is 10.8. The fourth-order valence-corrected chi connectivity index (χ4v) is 2.46. The summed E-state index contributed by atoms with van der Waals surface area (Å²) < 4.78 is 5.77. The number of carbonyl (C=O) groups excluding carboxylic acids is 1. The van der Waals surface area contributed by atoms with Crippen molar-refractivity contribution >= 4 is 11.6 Å². The number of nitrogens with one attached hydrogen (secondary N) is 1. The van der Waals surface area contributed by atoms with Gasteiger partial charge in [0.15, 0.2) is 0 Å². The second-order valence-electron chi connectivity index (χ2n) is 9.33. The summed E-state index contributed by atoms with van der Waals surface area (Å²) in [5.74, 6) is 1.78. The van der Waals surface area contributed by atoms with Crippen molar-refractivity contribution in [1.82, 2.24) is 0 Å². The minimum Gasteiger partial charge on any atom is -0.508 e. The monoisotopic (exact) mass is 477 g/mol. The smallest absolute Gasteiger partial charge is 0.230 e. The second kappa shape index (κ2) is 17.0. The van der Waals surface area contributed by atoms with Gasteiger partial charge in [0.05, 0.1) is 0 Å². The summed E-state index contributed by atoms with van der Waals surface area (Å²) in [5.41, 5.74) is 1.62. The van der Waals surface area contributed by atoms with Crippen LogP contribution in [-0.2, 0) is 4.79 Å². The van der Waals surface area contributed by atoms with Crippen LogP contribution in [0, 0.1) is 5.41 Å². The Morgan fingerprint density at radius 2 is 1.35 bits per heavy atom. The fourth-order valence-electron chi connectivity index (χ4n) is 2.46. The van der Waals surface area contributed by atoms with Crippen LogP contribution in [0.2, 0.25) is 0 Å². The number of ether oxygens (including phenoxy) is 1. The Bertz CT molecular complexity index is 772. The summed E-state index contributed by atoms with van der Waals surface area (Å²) in [7, 11) is 0. The maximum Gasteiger partial charge on any atom is 0.230 e. The van der Waals surface area contributed by atoms with Gasteiger partial charge in [-0.05, 0) is 81.5 Å². The molecule has 0 saturated heterocycles. The summed E-state index contributed by atoms with van der Waals surface area (Å²) in [4.78, 5) is 11.8. The zero-order valence-corrected chi connectivity index (χ0v) is 19.9. The molecule has 0 aromatic heterocycles. The molecule has 1 amide bonds. The van der Waals surface area contributed by atoms with Crippen molar-refractivity contribution in [1.29, 1.82) is 0 Å². The highest BCUT2D eigenvalue weighted by Gasteiger charge is 2.25. The van der Waals surface area contributed by atoms with E-state index in [-0.39, 0.29) is 52.4 Å². The van der Waals surface area contributed by atoms with E-state index in [4.69, 9.17) is 9.84 Å². The molecule has 4 nitrogen and oxygen atoms in total. The highest BCUT2D eigenvalue weighted by atomic mass is 16.5. The van der Waals surface area contributed by atoms with Gasteiger partial charge in [-0.15, -0.1) is 0 Å². The van der Waals surface area contributed by atoms with Gasteiger partial charge in [0.2, 0.25) is 5.91 Å². The van der Waals surface area contributed by atoms with Crippen molar-refractivity contribution in [3.8, 4) is 11.5 Å². The summed E-state index contributed by atoms with van der Waals surface area (Å²) in [6, 6.07) is 14.9. The molecule has 0 heterocycles. The van der Waals surface area contributed by atoms with Crippen LogP contribution in [0.5, 0.6) is 11.5 Å². The van der Waals surface area contributed by atoms with E-state index in [1.807, 2.05) is 20.8 Å². The number of benzene rings is 2. The summed E-state index contributed by atoms with van der Waals surface area (Å²) in [6.45, 7) is 16.5. The Hall–Kier alpha value is -2.49. The standard InChI is InChI=1S/C14H22O.C12H17NO2.4CH4/c1-6-11(2)12-7-9-13(10-8-12)15-14(3,4)5;1-4-12(2,3)11(15)13-9-5-7-10(14)8-6-9;;;;/h7-11H,6H2,1-5H3;5-8,14H,4H2,1-3H3,(H,13,15);4*1H4. The molecule has 0 saturated carbocycles. The quantitative estimate of drug-likeness (QED) is 0.407. The lowest BCUT2D eigenvalue weighted by Gasteiger charge is -2.21. The lowest BCUT2D eigenvalue weighted by Crippen LogP contribution is -2.29. The number of hydrogen-bond acceptors (Lipinski definition) is 3. The van der Waals surface area contributed by atoms with Gasteiger partial charge in [0.25, 0.3) is 0 Å². The molecule has 2 rings (SSSR count). The molecule has 2 aromatic carbocycles. The lowest BCUT2D eigenvalue weighted by molar-refractivity contribution is -0.124. The molecule has 0 spiro atoms. The summed E-state index contributed by atoms with van der Waals surface area (Å²) in [6.07, 6.45) is 1.97. The number of amides is 1. The molecule has 1 atom stereocenters. The highest BCUT2D eigenvalue weighted by molar-refractivity contribution is 5.94. The van der Waals surface area contributed by atoms with E-state index in [1.54, 1.807) is 24.3 Å². The Morgan fingerprint density at radius 3 is 1.74 bits per heavy atom. The maximum atomic E-state index is 11.8. The molecule has 0 radical (unpaired) electrons. The number of phenolic OH excluding ortho intramolecular Hbond substituents is 1. The van der Waals surface area contributed by atoms with Gasteiger partial charge >= 0.3 is 0 Å². The van der Waals surface area contributed by atoms with Gasteiger partial charge in [-0.25, -0.2) is 0 Å². The molecular formula is C30H55NO3. The third kappa shape index (κ3) is 13.9. The van der Waals surface area contributed by atoms with Crippen molar-refractivity contribution < 1.29 is 14.6 Å². The molecule has 0 aliphatic carbocycles. The van der Waals surface area contributed by atoms with E-state index >= 15 is 0 Å². The molecule has 0 fully saturated rings. The van der Waals surface area contributed by atoms with Gasteiger partial charge in [0, 0.05) is 11.1 Å². The van der Waals surface area contributed by atoms with E-state index in [9.17, 15) is 4.79 Å². The Balaban J connectivity index is -0.000000237. The van der Waals surface area contributed by atoms with Gasteiger partial charge < -0.3 is 15.2 Å². The molecule has 0 bridgehead atoms. The predicted octanol–water partition coefficient (Wildman–Crippen LogP) is 9.69. The molecule has 2 N–H and O–H groups in total. The van der Waals surface area contributed by atoms with E-state index in [1.165, 1.54) is 12.0 Å². The van der Waals surface area contributed by atoms with Crippen LogP contribution in [0.4, 0.5) is 5.69 Å². The van der Waals surface area contributed by atoms with Crippen molar-refractivity contribution in [2.24, 2.45) is 5.41 Å². The lowest BCUT2D eigenvalue weighted by atomic mass is 9.89. The third-order valence-corrected chi connectivity index (χ3v) is 5.11. The number of carbonyl (C=O) groups is 1. The number of hydrogen-bond donors (Lipinski definition) is 2. The molecule has 0 aliphatic rings. The van der Waals surface area contributed by atoms with Crippen LogP contribution in [0.25, 0.3) is 0 Å². The van der Waals surface area contributed by atoms with Gasteiger partial charge in [0.1, 0.15) is 17.1 Å². The van der Waals surface area contributed by atoms with Crippen LogP contribution in [0.3, 0.4) is 0 Å². The fraction of sp³-hybridized carbons (Fsp3) is 0.567. The minimum atomic E-state index is -0.363. The van der Waals surface area contributed by atoms with Crippen LogP contribution in [-0.4, -0.2) is 16.6 Å². The minimum absolute atomic E-state index is 0. The molecule has 2 aromatic rings. The van der Waals surface area contributed by atoms with Crippen LogP contribution in [0.1, 0.15) is 109 Å². The molecule has 198 valence electrons. The van der Waals surface area contributed by atoms with Crippen LogP contribution in [0.15, 0.2) is 48.5 Å². The largest absolute Gasteiger partial charge is 0.508 e. The number of rotatable bonds is 6. The second-order valence-corrected chi connectivity index (χ2v) is 9.33. The number of aromatic hydroxyl groups is 1. The molecule has 34 heavy (non-hydrogen) atoms. The van der Waals surface area contributed by atoms with Crippen molar-refractivity contribution in [2.45, 2.75) is 109 Å².